The number of carbonyl (C=O) groups excluding carboxylic acids is 2. The van der Waals surface area contributed by atoms with Gasteiger partial charge in [0.2, 0.25) is 11.8 Å². The number of hydrogen-bond acceptors (Lipinski definition) is 9. The number of likely N-dealkylation sites (tertiary alicyclic amines) is 1. The van der Waals surface area contributed by atoms with Crippen molar-refractivity contribution in [1.29, 1.82) is 0 Å². The van der Waals surface area contributed by atoms with E-state index < -0.39 is 0 Å². The van der Waals surface area contributed by atoms with Gasteiger partial charge in [-0.1, -0.05) is 12.8 Å². The second kappa shape index (κ2) is 10.6. The second-order valence-corrected chi connectivity index (χ2v) is 12.2. The second-order valence-electron chi connectivity index (χ2n) is 10.8. The van der Waals surface area contributed by atoms with Gasteiger partial charge in [0.25, 0.3) is 0 Å². The first kappa shape index (κ1) is 24.7. The van der Waals surface area contributed by atoms with Crippen LogP contribution in [-0.4, -0.2) is 97.0 Å². The van der Waals surface area contributed by atoms with Gasteiger partial charge in [0, 0.05) is 57.7 Å². The maximum Gasteiger partial charge on any atom is 0.242 e. The average Bonchev–Trinajstić information content (AvgIpc) is 3.53. The first-order chi connectivity index (χ1) is 16.4. The number of hydrogen-bond donors (Lipinski definition) is 5. The molecule has 0 spiro atoms. The van der Waals surface area contributed by atoms with Crippen molar-refractivity contribution in [1.82, 2.24) is 36.8 Å². The molecule has 5 fully saturated rings. The summed E-state index contributed by atoms with van der Waals surface area (Å²) in [5.41, 5.74) is 5.93. The van der Waals surface area contributed by atoms with Crippen molar-refractivity contribution in [2.24, 2.45) is 17.8 Å². The van der Waals surface area contributed by atoms with E-state index in [1.165, 1.54) is 12.8 Å². The van der Waals surface area contributed by atoms with Crippen molar-refractivity contribution in [3.05, 3.63) is 0 Å². The van der Waals surface area contributed by atoms with Crippen molar-refractivity contribution < 1.29 is 14.3 Å². The van der Waals surface area contributed by atoms with E-state index in [0.717, 1.165) is 32.4 Å². The third-order valence-corrected chi connectivity index (χ3v) is 9.84. The quantitative estimate of drug-likeness (QED) is 0.343. The van der Waals surface area contributed by atoms with Crippen LogP contribution in [0.2, 0.25) is 0 Å². The number of likely N-dealkylation sites (N-methyl/N-ethyl adjacent to an activating group) is 1. The molecule has 11 heteroatoms. The van der Waals surface area contributed by atoms with E-state index in [2.05, 4.69) is 33.8 Å². The average molecular weight is 496 g/mol. The minimum atomic E-state index is -0.210. The molecule has 0 aromatic carbocycles. The lowest BCUT2D eigenvalue weighted by Crippen LogP contribution is -2.55. The third kappa shape index (κ3) is 5.11. The number of thioether (sulfide) groups is 1. The van der Waals surface area contributed by atoms with Crippen LogP contribution in [0.3, 0.4) is 0 Å². The summed E-state index contributed by atoms with van der Waals surface area (Å²) in [5, 5.41) is 12.6. The number of ether oxygens (including phenoxy) is 1. The highest BCUT2D eigenvalue weighted by molar-refractivity contribution is 8.00. The van der Waals surface area contributed by atoms with Gasteiger partial charge in [-0.3, -0.25) is 14.9 Å². The number of nitrogens with zero attached hydrogens (tertiary/aromatic N) is 2. The molecule has 5 rings (SSSR count). The summed E-state index contributed by atoms with van der Waals surface area (Å²) in [7, 11) is 3.74. The van der Waals surface area contributed by atoms with E-state index in [4.69, 9.17) is 4.74 Å². The van der Waals surface area contributed by atoms with E-state index >= 15 is 0 Å². The summed E-state index contributed by atoms with van der Waals surface area (Å²) in [5.74, 6) is 1.06. The Labute approximate surface area is 207 Å². The van der Waals surface area contributed by atoms with Gasteiger partial charge in [-0.25, -0.2) is 10.4 Å². The molecule has 0 aromatic heterocycles. The Morgan fingerprint density at radius 3 is 2.68 bits per heavy atom. The van der Waals surface area contributed by atoms with Gasteiger partial charge >= 0.3 is 0 Å². The van der Waals surface area contributed by atoms with E-state index in [9.17, 15) is 9.59 Å². The van der Waals surface area contributed by atoms with Gasteiger partial charge in [-0.2, -0.15) is 5.53 Å². The first-order valence-electron chi connectivity index (χ1n) is 12.9. The van der Waals surface area contributed by atoms with E-state index in [1.807, 2.05) is 24.1 Å². The molecule has 0 aromatic rings. The monoisotopic (exact) mass is 495 g/mol. The van der Waals surface area contributed by atoms with Crippen LogP contribution >= 0.6 is 11.8 Å². The topological polar surface area (TPSA) is 110 Å². The van der Waals surface area contributed by atoms with Crippen molar-refractivity contribution in [3.63, 3.8) is 0 Å². The first-order valence-corrected chi connectivity index (χ1v) is 13.9. The molecule has 1 saturated carbocycles. The molecule has 4 aliphatic heterocycles. The molecule has 9 atom stereocenters. The molecule has 2 amide bonds. The number of nitrogens with one attached hydrogen (secondary N) is 5. The predicted octanol–water partition coefficient (Wildman–Crippen LogP) is -0.555. The molecule has 192 valence electrons. The number of amides is 2. The number of methoxy groups -OCH3 is 1. The Balaban J connectivity index is 1.15. The van der Waals surface area contributed by atoms with Crippen LogP contribution in [0, 0.1) is 17.8 Å². The van der Waals surface area contributed by atoms with Crippen LogP contribution in [-0.2, 0) is 14.3 Å². The van der Waals surface area contributed by atoms with Gasteiger partial charge < -0.3 is 20.3 Å². The van der Waals surface area contributed by atoms with Crippen molar-refractivity contribution in [2.75, 3.05) is 40.3 Å². The molecule has 0 bridgehead atoms. The van der Waals surface area contributed by atoms with Gasteiger partial charge in [-0.15, -0.1) is 11.8 Å². The van der Waals surface area contributed by atoms with Crippen LogP contribution in [0.15, 0.2) is 0 Å². The molecule has 1 aliphatic carbocycles. The number of rotatable bonds is 5. The lowest BCUT2D eigenvalue weighted by atomic mass is 9.68. The van der Waals surface area contributed by atoms with Gasteiger partial charge in [0.05, 0.1) is 12.0 Å². The fraction of sp³-hybridized carbons (Fsp3) is 0.913. The maximum atomic E-state index is 13.5. The molecule has 34 heavy (non-hydrogen) atoms. The molecule has 5 aliphatic rings. The lowest BCUT2D eigenvalue weighted by Gasteiger charge is -2.44. The van der Waals surface area contributed by atoms with E-state index in [0.29, 0.717) is 36.2 Å². The van der Waals surface area contributed by atoms with Crippen LogP contribution in [0.25, 0.3) is 0 Å². The van der Waals surface area contributed by atoms with E-state index in [1.54, 1.807) is 11.8 Å². The van der Waals surface area contributed by atoms with E-state index in [-0.39, 0.29) is 41.4 Å². The largest absolute Gasteiger partial charge is 0.381 e. The third-order valence-electron chi connectivity index (χ3n) is 8.48. The van der Waals surface area contributed by atoms with Gasteiger partial charge in [0.15, 0.2) is 0 Å². The smallest absolute Gasteiger partial charge is 0.242 e. The maximum absolute atomic E-state index is 13.5. The van der Waals surface area contributed by atoms with Crippen LogP contribution in [0.4, 0.5) is 0 Å². The normalized spacial score (nSPS) is 43.1. The zero-order chi connectivity index (χ0) is 23.8. The Bertz CT molecular complexity index is 746. The summed E-state index contributed by atoms with van der Waals surface area (Å²) in [6.45, 7) is 5.02. The minimum Gasteiger partial charge on any atom is -0.381 e. The van der Waals surface area contributed by atoms with Crippen molar-refractivity contribution >= 4 is 23.6 Å². The molecule has 0 radical (unpaired) electrons. The summed E-state index contributed by atoms with van der Waals surface area (Å²) < 4.78 is 5.86. The number of piperidine rings is 1. The molecular formula is C23H41N7O3S. The number of fused-ring (bicyclic) bond motifs is 1. The minimum absolute atomic E-state index is 0.0317. The Kier molecular flexibility index (Phi) is 7.69. The Morgan fingerprint density at radius 1 is 1.12 bits per heavy atom. The summed E-state index contributed by atoms with van der Waals surface area (Å²) in [6.07, 6.45) is 6.01. The summed E-state index contributed by atoms with van der Waals surface area (Å²) in [6, 6.07) is 0.431. The Hall–Kier alpha value is -0.950. The van der Waals surface area contributed by atoms with Crippen LogP contribution < -0.4 is 26.9 Å². The molecule has 4 saturated heterocycles. The molecule has 5 N–H and O–H groups in total. The highest BCUT2D eigenvalue weighted by atomic mass is 32.2. The fourth-order valence-electron chi connectivity index (χ4n) is 6.69. The zero-order valence-electron chi connectivity index (χ0n) is 20.6. The SMILES string of the molecule is COC1CCCCC1C1CC(C)NCC1C(=O)NC1NC2CN(C(=O)C3CN(C)NN3)CC2S1. The highest BCUT2D eigenvalue weighted by Crippen LogP contribution is 2.40. The van der Waals surface area contributed by atoms with Crippen molar-refractivity contribution in [3.8, 4) is 0 Å². The fourth-order valence-corrected chi connectivity index (χ4v) is 8.10. The molecular weight excluding hydrogens is 454 g/mol. The standard InChI is InChI=1S/C23H41N7O3S/c1-13-8-15(14-6-4-5-7-19(14)33-3)16(9-24-13)21(31)26-23-25-17-11-30(12-20(17)34-23)22(32)18-10-29(2)28-27-18/h13-20,23-25,27-28H,4-12H2,1-3H3,(H,26,31). The summed E-state index contributed by atoms with van der Waals surface area (Å²) in [4.78, 5) is 28.2. The number of hydrazine groups is 2. The lowest BCUT2D eigenvalue weighted by molar-refractivity contribution is -0.132. The predicted molar refractivity (Wildman–Crippen MR) is 131 cm³/mol. The van der Waals surface area contributed by atoms with Crippen LogP contribution in [0.1, 0.15) is 39.0 Å². The molecule has 10 nitrogen and oxygen atoms in total. The van der Waals surface area contributed by atoms with Crippen molar-refractivity contribution in [2.45, 2.75) is 74.0 Å². The molecule has 9 unspecified atom stereocenters. The van der Waals surface area contributed by atoms with Crippen LogP contribution in [0.5, 0.6) is 0 Å². The zero-order valence-corrected chi connectivity index (χ0v) is 21.4. The summed E-state index contributed by atoms with van der Waals surface area (Å²) >= 11 is 1.75. The van der Waals surface area contributed by atoms with Gasteiger partial charge in [-0.05, 0) is 38.0 Å². The molecule has 4 heterocycles. The Morgan fingerprint density at radius 2 is 1.94 bits per heavy atom. The number of carbonyl (C=O) groups is 2. The van der Waals surface area contributed by atoms with Gasteiger partial charge in [0.1, 0.15) is 11.5 Å². The highest BCUT2D eigenvalue weighted by Gasteiger charge is 2.47.